The van der Waals surface area contributed by atoms with Gasteiger partial charge in [-0.2, -0.15) is 0 Å². The Balaban J connectivity index is 2.12. The maximum absolute atomic E-state index is 9.70. The lowest BCUT2D eigenvalue weighted by molar-refractivity contribution is 0.373. The molecule has 0 aliphatic carbocycles. The van der Waals surface area contributed by atoms with Crippen molar-refractivity contribution in [3.8, 4) is 11.5 Å². The quantitative estimate of drug-likeness (QED) is 0.879. The third-order valence-electron chi connectivity index (χ3n) is 2.58. The van der Waals surface area contributed by atoms with Gasteiger partial charge in [0.1, 0.15) is 0 Å². The van der Waals surface area contributed by atoms with Gasteiger partial charge in [-0.3, -0.25) is 0 Å². The topological polar surface area (TPSA) is 41.5 Å². The Hall–Kier alpha value is -1.39. The maximum atomic E-state index is 9.70. The first-order valence-electron chi connectivity index (χ1n) is 5.49. The van der Waals surface area contributed by atoms with Crippen molar-refractivity contribution in [2.24, 2.45) is 0 Å². The molecule has 3 nitrogen and oxygen atoms in total. The summed E-state index contributed by atoms with van der Waals surface area (Å²) in [5, 5.41) is 13.0. The molecule has 18 heavy (non-hydrogen) atoms. The molecule has 0 spiro atoms. The summed E-state index contributed by atoms with van der Waals surface area (Å²) in [4.78, 5) is 1.15. The minimum absolute atomic E-state index is 0.124. The standard InChI is InChI=1S/C13H14ClNO2S/c1-8(12-5-6-13(14)18-12)15-9-3-4-11(17-2)10(16)7-9/h3-8,15-16H,1-2H3. The van der Waals surface area contributed by atoms with Crippen LogP contribution in [0.5, 0.6) is 11.5 Å². The van der Waals surface area contributed by atoms with E-state index in [1.165, 1.54) is 7.11 Å². The monoisotopic (exact) mass is 283 g/mol. The van der Waals surface area contributed by atoms with E-state index < -0.39 is 0 Å². The van der Waals surface area contributed by atoms with Gasteiger partial charge in [0.2, 0.25) is 0 Å². The van der Waals surface area contributed by atoms with E-state index in [4.69, 9.17) is 16.3 Å². The van der Waals surface area contributed by atoms with Crippen LogP contribution in [0.4, 0.5) is 5.69 Å². The molecule has 0 amide bonds. The Morgan fingerprint density at radius 3 is 2.67 bits per heavy atom. The number of methoxy groups -OCH3 is 1. The van der Waals surface area contributed by atoms with Gasteiger partial charge in [0.25, 0.3) is 0 Å². The number of ether oxygens (including phenoxy) is 1. The highest BCUT2D eigenvalue weighted by Gasteiger charge is 2.09. The lowest BCUT2D eigenvalue weighted by atomic mass is 10.2. The largest absolute Gasteiger partial charge is 0.504 e. The van der Waals surface area contributed by atoms with Gasteiger partial charge in [-0.25, -0.2) is 0 Å². The Kier molecular flexibility index (Phi) is 3.99. The fourth-order valence-electron chi connectivity index (χ4n) is 1.66. The first-order valence-corrected chi connectivity index (χ1v) is 6.68. The van der Waals surface area contributed by atoms with Gasteiger partial charge >= 0.3 is 0 Å². The highest BCUT2D eigenvalue weighted by Crippen LogP contribution is 2.32. The highest BCUT2D eigenvalue weighted by atomic mass is 35.5. The maximum Gasteiger partial charge on any atom is 0.160 e. The highest BCUT2D eigenvalue weighted by molar-refractivity contribution is 7.16. The van der Waals surface area contributed by atoms with Gasteiger partial charge in [-0.05, 0) is 31.2 Å². The van der Waals surface area contributed by atoms with Crippen LogP contribution < -0.4 is 10.1 Å². The number of phenolic OH excluding ortho intramolecular Hbond substituents is 1. The van der Waals surface area contributed by atoms with Gasteiger partial charge in [0.15, 0.2) is 11.5 Å². The first kappa shape index (κ1) is 13.1. The summed E-state index contributed by atoms with van der Waals surface area (Å²) in [7, 11) is 1.53. The number of halogens is 1. The average Bonchev–Trinajstić information content (AvgIpc) is 2.76. The van der Waals surface area contributed by atoms with Gasteiger partial charge in [0, 0.05) is 16.6 Å². The summed E-state index contributed by atoms with van der Waals surface area (Å²) in [5.41, 5.74) is 0.838. The molecular weight excluding hydrogens is 270 g/mol. The smallest absolute Gasteiger partial charge is 0.160 e. The van der Waals surface area contributed by atoms with E-state index in [2.05, 4.69) is 5.32 Å². The molecule has 2 rings (SSSR count). The number of thiophene rings is 1. The molecule has 0 aliphatic rings. The van der Waals surface area contributed by atoms with E-state index in [0.29, 0.717) is 5.75 Å². The minimum Gasteiger partial charge on any atom is -0.504 e. The molecule has 0 fully saturated rings. The third kappa shape index (κ3) is 2.89. The van der Waals surface area contributed by atoms with Crippen LogP contribution >= 0.6 is 22.9 Å². The summed E-state index contributed by atoms with van der Waals surface area (Å²) in [6, 6.07) is 9.25. The zero-order chi connectivity index (χ0) is 13.1. The molecule has 1 heterocycles. The number of benzene rings is 1. The Labute approximate surface area is 115 Å². The third-order valence-corrected chi connectivity index (χ3v) is 4.00. The Morgan fingerprint density at radius 1 is 1.33 bits per heavy atom. The van der Waals surface area contributed by atoms with Gasteiger partial charge < -0.3 is 15.2 Å². The molecule has 1 aromatic heterocycles. The fourth-order valence-corrected chi connectivity index (χ4v) is 2.73. The lowest BCUT2D eigenvalue weighted by Gasteiger charge is -2.14. The fraction of sp³-hybridized carbons (Fsp3) is 0.231. The second kappa shape index (κ2) is 5.50. The molecule has 1 aromatic carbocycles. The van der Waals surface area contributed by atoms with Crippen molar-refractivity contribution in [1.82, 2.24) is 0 Å². The molecule has 2 N–H and O–H groups in total. The Bertz CT molecular complexity index is 542. The number of anilines is 1. The van der Waals surface area contributed by atoms with Crippen molar-refractivity contribution < 1.29 is 9.84 Å². The number of aromatic hydroxyl groups is 1. The normalized spacial score (nSPS) is 12.2. The number of hydrogen-bond acceptors (Lipinski definition) is 4. The molecular formula is C13H14ClNO2S. The molecule has 0 bridgehead atoms. The summed E-state index contributed by atoms with van der Waals surface area (Å²) in [6.45, 7) is 2.05. The molecule has 1 unspecified atom stereocenters. The van der Waals surface area contributed by atoms with Crippen LogP contribution in [0.2, 0.25) is 4.34 Å². The van der Waals surface area contributed by atoms with E-state index in [-0.39, 0.29) is 11.8 Å². The van der Waals surface area contributed by atoms with Crippen molar-refractivity contribution in [1.29, 1.82) is 0 Å². The Morgan fingerprint density at radius 2 is 2.11 bits per heavy atom. The number of nitrogens with one attached hydrogen (secondary N) is 1. The van der Waals surface area contributed by atoms with Crippen LogP contribution in [0.1, 0.15) is 17.8 Å². The summed E-state index contributed by atoms with van der Waals surface area (Å²) < 4.78 is 5.77. The molecule has 5 heteroatoms. The van der Waals surface area contributed by atoms with E-state index in [1.807, 2.05) is 25.1 Å². The first-order chi connectivity index (χ1) is 8.60. The minimum atomic E-state index is 0.124. The van der Waals surface area contributed by atoms with Crippen molar-refractivity contribution >= 4 is 28.6 Å². The van der Waals surface area contributed by atoms with E-state index in [9.17, 15) is 5.11 Å². The van der Waals surface area contributed by atoms with Crippen molar-refractivity contribution in [3.05, 3.63) is 39.5 Å². The van der Waals surface area contributed by atoms with Crippen LogP contribution in [-0.2, 0) is 0 Å². The zero-order valence-electron chi connectivity index (χ0n) is 10.1. The summed E-state index contributed by atoms with van der Waals surface area (Å²) in [6.07, 6.45) is 0. The van der Waals surface area contributed by atoms with Crippen molar-refractivity contribution in [2.45, 2.75) is 13.0 Å². The van der Waals surface area contributed by atoms with Crippen LogP contribution in [0.15, 0.2) is 30.3 Å². The number of hydrogen-bond donors (Lipinski definition) is 2. The average molecular weight is 284 g/mol. The van der Waals surface area contributed by atoms with Gasteiger partial charge in [-0.1, -0.05) is 11.6 Å². The second-order valence-electron chi connectivity index (χ2n) is 3.89. The van der Waals surface area contributed by atoms with Crippen LogP contribution in [0.25, 0.3) is 0 Å². The van der Waals surface area contributed by atoms with Gasteiger partial charge in [0.05, 0.1) is 17.5 Å². The van der Waals surface area contributed by atoms with Crippen LogP contribution in [-0.4, -0.2) is 12.2 Å². The van der Waals surface area contributed by atoms with Crippen molar-refractivity contribution in [3.63, 3.8) is 0 Å². The predicted octanol–water partition coefficient (Wildman–Crippen LogP) is 4.29. The predicted molar refractivity (Wildman–Crippen MR) is 76.0 cm³/mol. The summed E-state index contributed by atoms with van der Waals surface area (Å²) in [5.74, 6) is 0.589. The summed E-state index contributed by atoms with van der Waals surface area (Å²) >= 11 is 7.45. The molecule has 96 valence electrons. The van der Waals surface area contributed by atoms with E-state index >= 15 is 0 Å². The molecule has 1 atom stereocenters. The molecule has 0 radical (unpaired) electrons. The lowest BCUT2D eigenvalue weighted by Crippen LogP contribution is -2.04. The second-order valence-corrected chi connectivity index (χ2v) is 5.64. The van der Waals surface area contributed by atoms with E-state index in [1.54, 1.807) is 23.5 Å². The molecule has 0 saturated carbocycles. The van der Waals surface area contributed by atoms with Gasteiger partial charge in [-0.15, -0.1) is 11.3 Å². The molecule has 0 saturated heterocycles. The number of phenols is 1. The van der Waals surface area contributed by atoms with Crippen molar-refractivity contribution in [2.75, 3.05) is 12.4 Å². The zero-order valence-corrected chi connectivity index (χ0v) is 11.7. The van der Waals surface area contributed by atoms with Crippen LogP contribution in [0, 0.1) is 0 Å². The van der Waals surface area contributed by atoms with Crippen LogP contribution in [0.3, 0.4) is 0 Å². The molecule has 0 aliphatic heterocycles. The number of rotatable bonds is 4. The molecule has 2 aromatic rings. The SMILES string of the molecule is COc1ccc(NC(C)c2ccc(Cl)s2)cc1O. The van der Waals surface area contributed by atoms with E-state index in [0.717, 1.165) is 14.9 Å².